The molecule has 1 N–H and O–H groups in total. The van der Waals surface area contributed by atoms with E-state index in [1.165, 1.54) is 17.7 Å². The maximum atomic E-state index is 11.2. The van der Waals surface area contributed by atoms with E-state index >= 15 is 0 Å². The number of thiazole rings is 1. The fourth-order valence-corrected chi connectivity index (χ4v) is 3.41. The Morgan fingerprint density at radius 1 is 1.28 bits per heavy atom. The highest BCUT2D eigenvalue weighted by Gasteiger charge is 2.09. The molecular formula is C19H26N2O3S. The van der Waals surface area contributed by atoms with Gasteiger partial charge in [-0.25, -0.2) is 9.78 Å². The quantitative estimate of drug-likeness (QED) is 0.548. The Labute approximate surface area is 153 Å². The van der Waals surface area contributed by atoms with Gasteiger partial charge in [0.1, 0.15) is 5.75 Å². The van der Waals surface area contributed by atoms with Crippen LogP contribution in [0, 0.1) is 13.8 Å². The van der Waals surface area contributed by atoms with Gasteiger partial charge >= 0.3 is 5.97 Å². The van der Waals surface area contributed by atoms with Gasteiger partial charge in [0, 0.05) is 24.9 Å². The predicted octanol–water partition coefficient (Wildman–Crippen LogP) is 3.21. The third-order valence-electron chi connectivity index (χ3n) is 3.87. The lowest BCUT2D eigenvalue weighted by atomic mass is 10.1. The van der Waals surface area contributed by atoms with E-state index in [1.54, 1.807) is 11.3 Å². The van der Waals surface area contributed by atoms with E-state index in [4.69, 9.17) is 4.74 Å². The number of hydrogen-bond acceptors (Lipinski definition) is 6. The van der Waals surface area contributed by atoms with Crippen LogP contribution in [0.25, 0.3) is 0 Å². The van der Waals surface area contributed by atoms with Crippen LogP contribution in [0.15, 0.2) is 17.5 Å². The van der Waals surface area contributed by atoms with Crippen LogP contribution in [0.3, 0.4) is 0 Å². The largest absolute Gasteiger partial charge is 0.481 e. The molecule has 136 valence electrons. The van der Waals surface area contributed by atoms with E-state index in [-0.39, 0.29) is 12.6 Å². The first kappa shape index (κ1) is 19.4. The lowest BCUT2D eigenvalue weighted by molar-refractivity contribution is -0.142. The highest BCUT2D eigenvalue weighted by molar-refractivity contribution is 7.09. The SMILES string of the molecule is CCc1nc(CCNCc2cc(C)c(OCC(=O)OC)c(C)c2)cs1. The number of methoxy groups -OCH3 is 1. The first-order chi connectivity index (χ1) is 12.0. The molecule has 0 aliphatic carbocycles. The van der Waals surface area contributed by atoms with E-state index < -0.39 is 0 Å². The van der Waals surface area contributed by atoms with E-state index in [0.29, 0.717) is 0 Å². The van der Waals surface area contributed by atoms with Gasteiger partial charge < -0.3 is 14.8 Å². The summed E-state index contributed by atoms with van der Waals surface area (Å²) in [6.45, 7) is 7.73. The van der Waals surface area contributed by atoms with Crippen LogP contribution in [-0.4, -0.2) is 31.2 Å². The van der Waals surface area contributed by atoms with Gasteiger partial charge in [-0.15, -0.1) is 11.3 Å². The van der Waals surface area contributed by atoms with Crippen LogP contribution in [0.2, 0.25) is 0 Å². The molecule has 1 heterocycles. The minimum Gasteiger partial charge on any atom is -0.481 e. The van der Waals surface area contributed by atoms with Crippen molar-refractivity contribution in [2.24, 2.45) is 0 Å². The molecule has 1 aromatic carbocycles. The van der Waals surface area contributed by atoms with Gasteiger partial charge in [0.15, 0.2) is 6.61 Å². The van der Waals surface area contributed by atoms with E-state index in [2.05, 4.69) is 39.5 Å². The van der Waals surface area contributed by atoms with E-state index in [9.17, 15) is 4.79 Å². The molecular weight excluding hydrogens is 336 g/mol. The second-order valence-electron chi connectivity index (χ2n) is 5.94. The molecule has 5 nitrogen and oxygen atoms in total. The number of rotatable bonds is 9. The topological polar surface area (TPSA) is 60.5 Å². The molecule has 0 saturated carbocycles. The van der Waals surface area contributed by atoms with Crippen LogP contribution in [-0.2, 0) is 28.9 Å². The van der Waals surface area contributed by atoms with Gasteiger partial charge in [0.25, 0.3) is 0 Å². The van der Waals surface area contributed by atoms with E-state index in [1.807, 2.05) is 13.8 Å². The van der Waals surface area contributed by atoms with Crippen LogP contribution >= 0.6 is 11.3 Å². The first-order valence-corrected chi connectivity index (χ1v) is 9.35. The number of carbonyl (C=O) groups is 1. The number of carbonyl (C=O) groups excluding carboxylic acids is 1. The summed E-state index contributed by atoms with van der Waals surface area (Å²) in [5.74, 6) is 0.376. The maximum Gasteiger partial charge on any atom is 0.343 e. The smallest absolute Gasteiger partial charge is 0.343 e. The van der Waals surface area contributed by atoms with Gasteiger partial charge in [-0.1, -0.05) is 19.1 Å². The summed E-state index contributed by atoms with van der Waals surface area (Å²) in [5.41, 5.74) is 4.40. The molecule has 1 aromatic heterocycles. The number of benzene rings is 1. The molecule has 0 aliphatic rings. The second-order valence-corrected chi connectivity index (χ2v) is 6.88. The molecule has 0 unspecified atom stereocenters. The molecule has 0 spiro atoms. The fraction of sp³-hybridized carbons (Fsp3) is 0.474. The van der Waals surface area contributed by atoms with Crippen molar-refractivity contribution in [3.8, 4) is 5.75 Å². The summed E-state index contributed by atoms with van der Waals surface area (Å²) in [6.07, 6.45) is 1.94. The maximum absolute atomic E-state index is 11.2. The molecule has 0 saturated heterocycles. The number of ether oxygens (including phenoxy) is 2. The summed E-state index contributed by atoms with van der Waals surface area (Å²) >= 11 is 1.73. The highest BCUT2D eigenvalue weighted by atomic mass is 32.1. The van der Waals surface area contributed by atoms with Crippen molar-refractivity contribution in [3.05, 3.63) is 44.9 Å². The molecule has 0 aliphatic heterocycles. The van der Waals surface area contributed by atoms with Crippen molar-refractivity contribution in [1.29, 1.82) is 0 Å². The van der Waals surface area contributed by atoms with Crippen molar-refractivity contribution in [1.82, 2.24) is 10.3 Å². The summed E-state index contributed by atoms with van der Waals surface area (Å²) in [4.78, 5) is 15.8. The lowest BCUT2D eigenvalue weighted by Gasteiger charge is -2.14. The third kappa shape index (κ3) is 5.83. The van der Waals surface area contributed by atoms with Crippen LogP contribution < -0.4 is 10.1 Å². The number of hydrogen-bond donors (Lipinski definition) is 1. The van der Waals surface area contributed by atoms with E-state index in [0.717, 1.165) is 48.5 Å². The van der Waals surface area contributed by atoms with Crippen molar-refractivity contribution < 1.29 is 14.3 Å². The molecule has 0 fully saturated rings. The number of nitrogens with one attached hydrogen (secondary N) is 1. The van der Waals surface area contributed by atoms with Gasteiger partial charge in [-0.2, -0.15) is 0 Å². The average molecular weight is 362 g/mol. The van der Waals surface area contributed by atoms with Gasteiger partial charge in [-0.3, -0.25) is 0 Å². The highest BCUT2D eigenvalue weighted by Crippen LogP contribution is 2.25. The monoisotopic (exact) mass is 362 g/mol. The summed E-state index contributed by atoms with van der Waals surface area (Å²) in [5, 5.41) is 6.80. The predicted molar refractivity (Wildman–Crippen MR) is 100 cm³/mol. The van der Waals surface area contributed by atoms with Crippen molar-refractivity contribution in [2.45, 2.75) is 40.2 Å². The zero-order chi connectivity index (χ0) is 18.2. The first-order valence-electron chi connectivity index (χ1n) is 8.47. The Balaban J connectivity index is 1.84. The Morgan fingerprint density at radius 3 is 2.60 bits per heavy atom. The van der Waals surface area contributed by atoms with Crippen molar-refractivity contribution >= 4 is 17.3 Å². The summed E-state index contributed by atoms with van der Waals surface area (Å²) in [7, 11) is 1.36. The molecule has 0 atom stereocenters. The molecule has 0 radical (unpaired) electrons. The van der Waals surface area contributed by atoms with Crippen LogP contribution in [0.1, 0.15) is 34.3 Å². The minimum atomic E-state index is -0.377. The Kier molecular flexibility index (Phi) is 7.40. The third-order valence-corrected chi connectivity index (χ3v) is 4.91. The number of esters is 1. The molecule has 2 aromatic rings. The average Bonchev–Trinajstić information content (AvgIpc) is 3.05. The summed E-state index contributed by atoms with van der Waals surface area (Å²) < 4.78 is 10.2. The molecule has 2 rings (SSSR count). The summed E-state index contributed by atoms with van der Waals surface area (Å²) in [6, 6.07) is 4.18. The van der Waals surface area contributed by atoms with Crippen LogP contribution in [0.5, 0.6) is 5.75 Å². The Bertz CT molecular complexity index is 689. The van der Waals surface area contributed by atoms with Gasteiger partial charge in [-0.05, 0) is 37.0 Å². The van der Waals surface area contributed by atoms with Crippen molar-refractivity contribution in [2.75, 3.05) is 20.3 Å². The Morgan fingerprint density at radius 2 is 2.00 bits per heavy atom. The van der Waals surface area contributed by atoms with Crippen LogP contribution in [0.4, 0.5) is 0 Å². The zero-order valence-electron chi connectivity index (χ0n) is 15.3. The van der Waals surface area contributed by atoms with Gasteiger partial charge in [0.2, 0.25) is 0 Å². The lowest BCUT2D eigenvalue weighted by Crippen LogP contribution is -2.17. The minimum absolute atomic E-state index is 0.0663. The second kappa shape index (κ2) is 9.53. The van der Waals surface area contributed by atoms with Crippen molar-refractivity contribution in [3.63, 3.8) is 0 Å². The molecule has 0 amide bonds. The Hall–Kier alpha value is -1.92. The fourth-order valence-electron chi connectivity index (χ4n) is 2.64. The number of nitrogens with zero attached hydrogens (tertiary/aromatic N) is 1. The number of aromatic nitrogens is 1. The number of aryl methyl sites for hydroxylation is 3. The standard InChI is InChI=1S/C19H26N2O3S/c1-5-17-21-16(12-25-17)6-7-20-10-15-8-13(2)19(14(3)9-15)24-11-18(22)23-4/h8-9,12,20H,5-7,10-11H2,1-4H3. The molecule has 6 heteroatoms. The molecule has 0 bridgehead atoms. The zero-order valence-corrected chi connectivity index (χ0v) is 16.2. The molecule has 25 heavy (non-hydrogen) atoms. The van der Waals surface area contributed by atoms with Gasteiger partial charge in [0.05, 0.1) is 17.8 Å². The normalized spacial score (nSPS) is 10.7.